The fourth-order valence-electron chi connectivity index (χ4n) is 2.20. The number of thiophene rings is 1. The highest BCUT2D eigenvalue weighted by molar-refractivity contribution is 7.17. The van der Waals surface area contributed by atoms with Gasteiger partial charge >= 0.3 is 11.9 Å². The lowest BCUT2D eigenvalue weighted by molar-refractivity contribution is -0.164. The summed E-state index contributed by atoms with van der Waals surface area (Å²) in [5.41, 5.74) is 0.639. The number of nitrogens with zero attached hydrogens (tertiary/aromatic N) is 1. The molecule has 0 aliphatic carbocycles. The maximum Gasteiger partial charge on any atom is 0.417 e. The van der Waals surface area contributed by atoms with Crippen molar-refractivity contribution in [1.82, 2.24) is 4.90 Å². The molecule has 136 valence electrons. The molecule has 1 N–H and O–H groups in total. The monoisotopic (exact) mass is 369 g/mol. The molecule has 2 rings (SSSR count). The summed E-state index contributed by atoms with van der Waals surface area (Å²) >= 11 is 1.51. The third kappa shape index (κ3) is 6.08. The maximum atomic E-state index is 14.0. The van der Waals surface area contributed by atoms with Gasteiger partial charge in [-0.05, 0) is 48.0 Å². The van der Waals surface area contributed by atoms with E-state index in [0.29, 0.717) is 38.3 Å². The predicted octanol–water partition coefficient (Wildman–Crippen LogP) is 2.16. The lowest BCUT2D eigenvalue weighted by atomic mass is 10.1. The molecule has 1 aromatic heterocycles. The first kappa shape index (κ1) is 19.3. The summed E-state index contributed by atoms with van der Waals surface area (Å²) in [6.07, 6.45) is 0.498. The number of carboxylic acid groups (broad SMARTS) is 1. The molecular weight excluding hydrogens is 349 g/mol. The zero-order chi connectivity index (χ0) is 18.2. The minimum atomic E-state index is -1.60. The summed E-state index contributed by atoms with van der Waals surface area (Å²) in [6.45, 7) is 1.87. The van der Waals surface area contributed by atoms with Crippen LogP contribution in [-0.2, 0) is 25.5 Å². The molecule has 0 saturated heterocycles. The molecule has 0 spiro atoms. The molecule has 0 radical (unpaired) electrons. The number of carbonyl (C=O) groups is 2. The standard InChI is InChI=1S/C17H20FNO5S/c1-19(5-8-24-17(22)16(20)21)4-7-23-6-2-12-10-13-3-9-25-15(13)11-14(12)18/h3,9-11H,2,4-8H2,1H3,(H,20,21). The number of likely N-dealkylation sites (N-methyl/N-ethyl adjacent to an activating group) is 1. The number of halogens is 1. The van der Waals surface area contributed by atoms with Crippen LogP contribution in [0.3, 0.4) is 0 Å². The fourth-order valence-corrected chi connectivity index (χ4v) is 2.99. The quantitative estimate of drug-likeness (QED) is 0.415. The highest BCUT2D eigenvalue weighted by Crippen LogP contribution is 2.24. The summed E-state index contributed by atoms with van der Waals surface area (Å²) < 4.78 is 24.9. The Morgan fingerprint density at radius 1 is 1.24 bits per heavy atom. The molecule has 25 heavy (non-hydrogen) atoms. The molecule has 0 atom stereocenters. The molecule has 0 bridgehead atoms. The van der Waals surface area contributed by atoms with Crippen molar-refractivity contribution in [2.75, 3.05) is 40.0 Å². The normalized spacial score (nSPS) is 11.2. The highest BCUT2D eigenvalue weighted by Gasteiger charge is 2.12. The van der Waals surface area contributed by atoms with Gasteiger partial charge in [-0.25, -0.2) is 14.0 Å². The van der Waals surface area contributed by atoms with Crippen LogP contribution in [0.4, 0.5) is 4.39 Å². The van der Waals surface area contributed by atoms with Crippen molar-refractivity contribution >= 4 is 33.4 Å². The van der Waals surface area contributed by atoms with E-state index in [4.69, 9.17) is 9.84 Å². The van der Waals surface area contributed by atoms with E-state index in [1.54, 1.807) is 6.07 Å². The van der Waals surface area contributed by atoms with Crippen LogP contribution < -0.4 is 0 Å². The number of carbonyl (C=O) groups excluding carboxylic acids is 1. The molecule has 0 aliphatic heterocycles. The van der Waals surface area contributed by atoms with Gasteiger partial charge in [0.2, 0.25) is 0 Å². The summed E-state index contributed by atoms with van der Waals surface area (Å²) in [7, 11) is 1.81. The SMILES string of the molecule is CN(CCOCCc1cc2ccsc2cc1F)CCOC(=O)C(=O)O. The molecule has 0 unspecified atom stereocenters. The highest BCUT2D eigenvalue weighted by atomic mass is 32.1. The van der Waals surface area contributed by atoms with Gasteiger partial charge in [-0.3, -0.25) is 0 Å². The molecular formula is C17H20FNO5S. The second kappa shape index (κ2) is 9.45. The zero-order valence-electron chi connectivity index (χ0n) is 13.9. The lowest BCUT2D eigenvalue weighted by Gasteiger charge is -2.16. The van der Waals surface area contributed by atoms with Gasteiger partial charge in [0.15, 0.2) is 0 Å². The maximum absolute atomic E-state index is 14.0. The smallest absolute Gasteiger partial charge is 0.417 e. The van der Waals surface area contributed by atoms with E-state index in [1.165, 1.54) is 11.3 Å². The van der Waals surface area contributed by atoms with Crippen LogP contribution in [0.5, 0.6) is 0 Å². The molecule has 8 heteroatoms. The van der Waals surface area contributed by atoms with Gasteiger partial charge in [0.05, 0.1) is 13.2 Å². The van der Waals surface area contributed by atoms with Crippen molar-refractivity contribution in [2.45, 2.75) is 6.42 Å². The van der Waals surface area contributed by atoms with Crippen molar-refractivity contribution in [1.29, 1.82) is 0 Å². The number of aliphatic carboxylic acids is 1. The predicted molar refractivity (Wildman–Crippen MR) is 92.4 cm³/mol. The third-order valence-corrected chi connectivity index (χ3v) is 4.51. The van der Waals surface area contributed by atoms with E-state index in [-0.39, 0.29) is 12.4 Å². The van der Waals surface area contributed by atoms with E-state index < -0.39 is 11.9 Å². The minimum Gasteiger partial charge on any atom is -0.473 e. The Kier molecular flexibility index (Phi) is 7.30. The van der Waals surface area contributed by atoms with Crippen molar-refractivity contribution in [3.63, 3.8) is 0 Å². The summed E-state index contributed by atoms with van der Waals surface area (Å²) in [5.74, 6) is -3.07. The van der Waals surface area contributed by atoms with Gasteiger partial charge in [0.25, 0.3) is 0 Å². The number of fused-ring (bicyclic) bond motifs is 1. The van der Waals surface area contributed by atoms with Gasteiger partial charge < -0.3 is 19.5 Å². The van der Waals surface area contributed by atoms with Crippen molar-refractivity contribution < 1.29 is 28.6 Å². The average Bonchev–Trinajstić information content (AvgIpc) is 3.01. The van der Waals surface area contributed by atoms with E-state index in [9.17, 15) is 14.0 Å². The summed E-state index contributed by atoms with van der Waals surface area (Å²) in [4.78, 5) is 22.9. The molecule has 0 saturated carbocycles. The number of hydrogen-bond acceptors (Lipinski definition) is 6. The second-order valence-electron chi connectivity index (χ2n) is 5.51. The van der Waals surface area contributed by atoms with Crippen LogP contribution in [0.2, 0.25) is 0 Å². The number of carboxylic acids is 1. The van der Waals surface area contributed by atoms with E-state index in [2.05, 4.69) is 4.74 Å². The molecule has 1 aromatic carbocycles. The molecule has 1 heterocycles. The molecule has 6 nitrogen and oxygen atoms in total. The first-order valence-corrected chi connectivity index (χ1v) is 8.67. The fraction of sp³-hybridized carbons (Fsp3) is 0.412. The topological polar surface area (TPSA) is 76.1 Å². The molecule has 0 amide bonds. The van der Waals surface area contributed by atoms with E-state index >= 15 is 0 Å². The molecule has 2 aromatic rings. The largest absolute Gasteiger partial charge is 0.473 e. The van der Waals surface area contributed by atoms with E-state index in [0.717, 1.165) is 10.1 Å². The van der Waals surface area contributed by atoms with Crippen LogP contribution >= 0.6 is 11.3 Å². The second-order valence-corrected chi connectivity index (χ2v) is 6.46. The first-order chi connectivity index (χ1) is 12.0. The summed E-state index contributed by atoms with van der Waals surface area (Å²) in [5, 5.41) is 11.4. The lowest BCUT2D eigenvalue weighted by Crippen LogP contribution is -2.29. The molecule has 0 fully saturated rings. The Morgan fingerprint density at radius 2 is 2.00 bits per heavy atom. The number of rotatable bonds is 9. The van der Waals surface area contributed by atoms with Gasteiger partial charge in [-0.1, -0.05) is 0 Å². The van der Waals surface area contributed by atoms with Crippen LogP contribution in [0.15, 0.2) is 23.6 Å². The Balaban J connectivity index is 1.61. The summed E-state index contributed by atoms with van der Waals surface area (Å²) in [6, 6.07) is 5.38. The number of benzene rings is 1. The number of hydrogen-bond donors (Lipinski definition) is 1. The minimum absolute atomic E-state index is 0.00744. The average molecular weight is 369 g/mol. The molecule has 0 aliphatic rings. The Labute approximate surface area is 148 Å². The van der Waals surface area contributed by atoms with Crippen LogP contribution in [0.25, 0.3) is 10.1 Å². The van der Waals surface area contributed by atoms with Crippen molar-refractivity contribution in [3.8, 4) is 0 Å². The Bertz CT molecular complexity index is 733. The number of esters is 1. The number of ether oxygens (including phenoxy) is 2. The van der Waals surface area contributed by atoms with Gasteiger partial charge in [-0.2, -0.15) is 0 Å². The first-order valence-electron chi connectivity index (χ1n) is 7.79. The van der Waals surface area contributed by atoms with Gasteiger partial charge in [0, 0.05) is 17.8 Å². The van der Waals surface area contributed by atoms with Crippen LogP contribution in [0, 0.1) is 5.82 Å². The zero-order valence-corrected chi connectivity index (χ0v) is 14.7. The van der Waals surface area contributed by atoms with Crippen molar-refractivity contribution in [3.05, 3.63) is 35.0 Å². The van der Waals surface area contributed by atoms with Crippen molar-refractivity contribution in [2.24, 2.45) is 0 Å². The van der Waals surface area contributed by atoms with Gasteiger partial charge in [0.1, 0.15) is 12.4 Å². The Morgan fingerprint density at radius 3 is 2.76 bits per heavy atom. The third-order valence-electron chi connectivity index (χ3n) is 3.64. The van der Waals surface area contributed by atoms with Crippen LogP contribution in [0.1, 0.15) is 5.56 Å². The van der Waals surface area contributed by atoms with Gasteiger partial charge in [-0.15, -0.1) is 11.3 Å². The Hall–Kier alpha value is -2.03. The van der Waals surface area contributed by atoms with Crippen LogP contribution in [-0.4, -0.2) is 61.9 Å². The van der Waals surface area contributed by atoms with E-state index in [1.807, 2.05) is 29.5 Å².